The van der Waals surface area contributed by atoms with Crippen molar-refractivity contribution in [2.45, 2.75) is 13.3 Å². The zero-order valence-electron chi connectivity index (χ0n) is 8.95. The molecule has 16 heavy (non-hydrogen) atoms. The lowest BCUT2D eigenvalue weighted by molar-refractivity contribution is -0.118. The van der Waals surface area contributed by atoms with Gasteiger partial charge in [-0.3, -0.25) is 4.79 Å². The smallest absolute Gasteiger partial charge is 0.216 e. The summed E-state index contributed by atoms with van der Waals surface area (Å²) in [6.07, 6.45) is 2.14. The minimum atomic E-state index is -0.0579. The molecule has 0 spiro atoms. The molecule has 1 N–H and O–H groups in total. The first-order valence-electron chi connectivity index (χ1n) is 4.82. The molecular formula is C12H11N3O. The largest absolute Gasteiger partial charge is 0.355 e. The van der Waals surface area contributed by atoms with E-state index in [2.05, 4.69) is 22.1 Å². The number of amides is 1. The predicted molar refractivity (Wildman–Crippen MR) is 59.1 cm³/mol. The van der Waals surface area contributed by atoms with Crippen molar-refractivity contribution in [3.05, 3.63) is 29.6 Å². The van der Waals surface area contributed by atoms with Gasteiger partial charge in [0.2, 0.25) is 5.91 Å². The summed E-state index contributed by atoms with van der Waals surface area (Å²) in [6, 6.07) is 5.32. The molecule has 0 aromatic carbocycles. The van der Waals surface area contributed by atoms with E-state index < -0.39 is 0 Å². The van der Waals surface area contributed by atoms with Gasteiger partial charge in [-0.15, -0.1) is 0 Å². The number of hydrogen-bond acceptors (Lipinski definition) is 3. The van der Waals surface area contributed by atoms with Crippen LogP contribution >= 0.6 is 0 Å². The molecule has 0 radical (unpaired) electrons. The normalized spacial score (nSPS) is 8.50. The van der Waals surface area contributed by atoms with Crippen LogP contribution < -0.4 is 5.32 Å². The monoisotopic (exact) mass is 213 g/mol. The van der Waals surface area contributed by atoms with Gasteiger partial charge in [-0.1, -0.05) is 11.8 Å². The Hall–Kier alpha value is -2.33. The maximum absolute atomic E-state index is 10.6. The summed E-state index contributed by atoms with van der Waals surface area (Å²) in [4.78, 5) is 14.4. The highest BCUT2D eigenvalue weighted by molar-refractivity contribution is 5.72. The van der Waals surface area contributed by atoms with Crippen LogP contribution in [0.1, 0.15) is 24.6 Å². The highest BCUT2D eigenvalue weighted by Crippen LogP contribution is 1.98. The number of nitrogens with zero attached hydrogens (tertiary/aromatic N) is 2. The summed E-state index contributed by atoms with van der Waals surface area (Å²) < 4.78 is 0. The van der Waals surface area contributed by atoms with E-state index in [4.69, 9.17) is 5.26 Å². The van der Waals surface area contributed by atoms with Crippen molar-refractivity contribution >= 4 is 5.91 Å². The van der Waals surface area contributed by atoms with Crippen LogP contribution in [-0.4, -0.2) is 17.4 Å². The second-order valence-corrected chi connectivity index (χ2v) is 3.08. The van der Waals surface area contributed by atoms with Crippen LogP contribution in [0.2, 0.25) is 0 Å². The number of carbonyl (C=O) groups excluding carboxylic acids is 1. The first-order valence-corrected chi connectivity index (χ1v) is 4.82. The quantitative estimate of drug-likeness (QED) is 0.584. The van der Waals surface area contributed by atoms with E-state index in [0.717, 1.165) is 5.56 Å². The molecule has 0 aliphatic rings. The van der Waals surface area contributed by atoms with Crippen LogP contribution in [0, 0.1) is 23.2 Å². The van der Waals surface area contributed by atoms with E-state index in [9.17, 15) is 4.79 Å². The molecule has 0 atom stereocenters. The molecule has 1 heterocycles. The zero-order chi connectivity index (χ0) is 11.8. The highest BCUT2D eigenvalue weighted by Gasteiger charge is 1.91. The Labute approximate surface area is 94.3 Å². The molecule has 4 heteroatoms. The minimum Gasteiger partial charge on any atom is -0.355 e. The second-order valence-electron chi connectivity index (χ2n) is 3.08. The average molecular weight is 213 g/mol. The molecular weight excluding hydrogens is 202 g/mol. The Morgan fingerprint density at radius 2 is 2.44 bits per heavy atom. The molecule has 0 bridgehead atoms. The summed E-state index contributed by atoms with van der Waals surface area (Å²) in [5.74, 6) is 5.75. The fourth-order valence-electron chi connectivity index (χ4n) is 1.04. The van der Waals surface area contributed by atoms with Gasteiger partial charge in [0.05, 0.1) is 0 Å². The van der Waals surface area contributed by atoms with Gasteiger partial charge in [0.25, 0.3) is 0 Å². The van der Waals surface area contributed by atoms with Gasteiger partial charge in [-0.25, -0.2) is 4.98 Å². The van der Waals surface area contributed by atoms with Gasteiger partial charge in [-0.05, 0) is 12.1 Å². The third-order valence-electron chi connectivity index (χ3n) is 1.73. The molecule has 0 unspecified atom stereocenters. The third kappa shape index (κ3) is 4.26. The number of carbonyl (C=O) groups is 1. The summed E-state index contributed by atoms with van der Waals surface area (Å²) in [6.45, 7) is 2.01. The first kappa shape index (κ1) is 11.7. The number of pyridine rings is 1. The van der Waals surface area contributed by atoms with Crippen LogP contribution in [0.15, 0.2) is 18.3 Å². The molecule has 0 aliphatic heterocycles. The molecule has 0 saturated carbocycles. The predicted octanol–water partition coefficient (Wildman–Crippen LogP) is 0.831. The molecule has 0 aliphatic carbocycles. The average Bonchev–Trinajstić information content (AvgIpc) is 2.28. The van der Waals surface area contributed by atoms with E-state index in [0.29, 0.717) is 18.7 Å². The molecule has 1 aromatic rings. The molecule has 1 aromatic heterocycles. The van der Waals surface area contributed by atoms with E-state index in [1.165, 1.54) is 6.92 Å². The molecule has 4 nitrogen and oxygen atoms in total. The number of nitrogens with one attached hydrogen (secondary N) is 1. The Kier molecular flexibility index (Phi) is 4.56. The van der Waals surface area contributed by atoms with Gasteiger partial charge in [0.15, 0.2) is 0 Å². The summed E-state index contributed by atoms with van der Waals surface area (Å²) in [5, 5.41) is 11.3. The van der Waals surface area contributed by atoms with Gasteiger partial charge < -0.3 is 5.32 Å². The van der Waals surface area contributed by atoms with Gasteiger partial charge in [0.1, 0.15) is 11.8 Å². The van der Waals surface area contributed by atoms with Crippen molar-refractivity contribution < 1.29 is 4.79 Å². The highest BCUT2D eigenvalue weighted by atomic mass is 16.1. The molecule has 0 fully saturated rings. The number of aromatic nitrogens is 1. The zero-order valence-corrected chi connectivity index (χ0v) is 8.95. The maximum Gasteiger partial charge on any atom is 0.216 e. The fraction of sp³-hybridized carbons (Fsp3) is 0.250. The topological polar surface area (TPSA) is 65.8 Å². The van der Waals surface area contributed by atoms with E-state index in [1.54, 1.807) is 18.3 Å². The Bertz CT molecular complexity index is 477. The number of rotatable bonds is 2. The van der Waals surface area contributed by atoms with Crippen molar-refractivity contribution in [2.24, 2.45) is 0 Å². The lowest BCUT2D eigenvalue weighted by atomic mass is 10.2. The lowest BCUT2D eigenvalue weighted by Gasteiger charge is -1.94. The van der Waals surface area contributed by atoms with Crippen LogP contribution in [0.4, 0.5) is 0 Å². The standard InChI is InChI=1S/C12H11N3O/c1-10(16)14-6-3-2-4-11-5-7-15-12(8-11)9-13/h5,7-8H,3,6H2,1H3,(H,14,16). The van der Waals surface area contributed by atoms with Gasteiger partial charge >= 0.3 is 0 Å². The van der Waals surface area contributed by atoms with E-state index >= 15 is 0 Å². The van der Waals surface area contributed by atoms with Gasteiger partial charge in [0, 0.05) is 31.6 Å². The van der Waals surface area contributed by atoms with Crippen molar-refractivity contribution in [3.8, 4) is 17.9 Å². The Morgan fingerprint density at radius 1 is 1.62 bits per heavy atom. The van der Waals surface area contributed by atoms with E-state index in [1.807, 2.05) is 6.07 Å². The van der Waals surface area contributed by atoms with Crippen molar-refractivity contribution in [1.82, 2.24) is 10.3 Å². The molecule has 80 valence electrons. The molecule has 1 rings (SSSR count). The van der Waals surface area contributed by atoms with Crippen LogP contribution in [-0.2, 0) is 4.79 Å². The summed E-state index contributed by atoms with van der Waals surface area (Å²) >= 11 is 0. The van der Waals surface area contributed by atoms with Crippen molar-refractivity contribution in [1.29, 1.82) is 5.26 Å². The summed E-state index contributed by atoms with van der Waals surface area (Å²) in [7, 11) is 0. The fourth-order valence-corrected chi connectivity index (χ4v) is 1.04. The van der Waals surface area contributed by atoms with Crippen LogP contribution in [0.25, 0.3) is 0 Å². The van der Waals surface area contributed by atoms with Gasteiger partial charge in [-0.2, -0.15) is 5.26 Å². The first-order chi connectivity index (χ1) is 7.72. The third-order valence-corrected chi connectivity index (χ3v) is 1.73. The second kappa shape index (κ2) is 6.21. The Morgan fingerprint density at radius 3 is 3.12 bits per heavy atom. The lowest BCUT2D eigenvalue weighted by Crippen LogP contribution is -2.20. The van der Waals surface area contributed by atoms with Crippen molar-refractivity contribution in [3.63, 3.8) is 0 Å². The van der Waals surface area contributed by atoms with Crippen molar-refractivity contribution in [2.75, 3.05) is 6.54 Å². The van der Waals surface area contributed by atoms with Crippen LogP contribution in [0.5, 0.6) is 0 Å². The molecule has 1 amide bonds. The van der Waals surface area contributed by atoms with E-state index in [-0.39, 0.29) is 5.91 Å². The Balaban J connectivity index is 2.50. The number of nitriles is 1. The van der Waals surface area contributed by atoms with Crippen LogP contribution in [0.3, 0.4) is 0 Å². The SMILES string of the molecule is CC(=O)NCCC#Cc1ccnc(C#N)c1. The minimum absolute atomic E-state index is 0.0579. The molecule has 0 saturated heterocycles. The maximum atomic E-state index is 10.6. The number of hydrogen-bond donors (Lipinski definition) is 1. The summed E-state index contributed by atoms with van der Waals surface area (Å²) in [5.41, 5.74) is 1.11.